The number of pyridine rings is 1. The fourth-order valence-electron chi connectivity index (χ4n) is 3.51. The number of anilines is 1. The van der Waals surface area contributed by atoms with E-state index in [2.05, 4.69) is 30.9 Å². The van der Waals surface area contributed by atoms with E-state index in [1.807, 2.05) is 20.8 Å². The van der Waals surface area contributed by atoms with Crippen molar-refractivity contribution < 1.29 is 9.59 Å². The third kappa shape index (κ3) is 5.72. The van der Waals surface area contributed by atoms with Gasteiger partial charge in [0.15, 0.2) is 5.82 Å². The molecule has 0 unspecified atom stereocenters. The zero-order valence-electron chi connectivity index (χ0n) is 20.1. The number of carbonyl (C=O) groups excluding carboxylic acids is 2. The van der Waals surface area contributed by atoms with Crippen LogP contribution in [-0.4, -0.2) is 47.1 Å². The molecule has 12 heteroatoms. The smallest absolute Gasteiger partial charge is 0.274 e. The van der Waals surface area contributed by atoms with Crippen LogP contribution in [0.3, 0.4) is 0 Å². The van der Waals surface area contributed by atoms with E-state index in [1.54, 1.807) is 49.8 Å². The van der Waals surface area contributed by atoms with Crippen LogP contribution in [0.4, 0.5) is 5.69 Å². The minimum absolute atomic E-state index is 0.161. The lowest BCUT2D eigenvalue weighted by atomic mass is 10.0. The first-order chi connectivity index (χ1) is 17.0. The minimum Gasteiger partial charge on any atom is -0.347 e. The second-order valence-corrected chi connectivity index (χ2v) is 9.95. The molecule has 36 heavy (non-hydrogen) atoms. The molecule has 0 aliphatic rings. The molecule has 0 aliphatic carbocycles. The maximum atomic E-state index is 13.6. The second-order valence-electron chi connectivity index (χ2n) is 9.10. The van der Waals surface area contributed by atoms with Crippen LogP contribution in [0.15, 0.2) is 48.9 Å². The Bertz CT molecular complexity index is 1420. The number of hydrogen-bond acceptors (Lipinski definition) is 6. The number of rotatable bonds is 6. The predicted octanol–water partition coefficient (Wildman–Crippen LogP) is 4.30. The fraction of sp³-hybridized carbons (Fsp3) is 0.250. The summed E-state index contributed by atoms with van der Waals surface area (Å²) >= 11 is 12.6. The zero-order chi connectivity index (χ0) is 26.0. The van der Waals surface area contributed by atoms with Gasteiger partial charge in [0.1, 0.15) is 12.2 Å². The van der Waals surface area contributed by atoms with E-state index >= 15 is 0 Å². The van der Waals surface area contributed by atoms with Crippen LogP contribution in [0, 0.1) is 6.92 Å². The fourth-order valence-corrected chi connectivity index (χ4v) is 3.98. The third-order valence-electron chi connectivity index (χ3n) is 4.97. The van der Waals surface area contributed by atoms with Crippen LogP contribution >= 0.6 is 23.2 Å². The number of aromatic nitrogens is 6. The summed E-state index contributed by atoms with van der Waals surface area (Å²) in [6.07, 6.45) is 4.65. The maximum Gasteiger partial charge on any atom is 0.274 e. The summed E-state index contributed by atoms with van der Waals surface area (Å²) in [4.78, 5) is 32.4. The lowest BCUT2D eigenvalue weighted by molar-refractivity contribution is 0.0920. The first-order valence-electron chi connectivity index (χ1n) is 11.0. The van der Waals surface area contributed by atoms with E-state index in [-0.39, 0.29) is 29.5 Å². The van der Waals surface area contributed by atoms with Gasteiger partial charge in [0, 0.05) is 16.8 Å². The molecule has 4 rings (SSSR count). The molecule has 3 aromatic heterocycles. The molecule has 3 heterocycles. The molecule has 1 aromatic carbocycles. The van der Waals surface area contributed by atoms with Crippen molar-refractivity contribution >= 4 is 40.7 Å². The number of carbonyl (C=O) groups is 2. The molecule has 0 saturated carbocycles. The molecule has 0 saturated heterocycles. The van der Waals surface area contributed by atoms with Crippen LogP contribution in [-0.2, 0) is 6.54 Å². The van der Waals surface area contributed by atoms with Crippen LogP contribution in [0.1, 0.15) is 52.9 Å². The average Bonchev–Trinajstić information content (AvgIpc) is 3.45. The van der Waals surface area contributed by atoms with Gasteiger partial charge in [-0.05, 0) is 63.6 Å². The van der Waals surface area contributed by atoms with Crippen molar-refractivity contribution in [3.8, 4) is 5.82 Å². The van der Waals surface area contributed by atoms with Gasteiger partial charge in [-0.1, -0.05) is 23.2 Å². The van der Waals surface area contributed by atoms with Gasteiger partial charge in [-0.25, -0.2) is 9.67 Å². The summed E-state index contributed by atoms with van der Waals surface area (Å²) in [6.45, 7) is 7.59. The molecule has 0 radical (unpaired) electrons. The van der Waals surface area contributed by atoms with Crippen molar-refractivity contribution in [2.75, 3.05) is 5.32 Å². The first-order valence-corrected chi connectivity index (χ1v) is 11.8. The molecule has 0 bridgehead atoms. The summed E-state index contributed by atoms with van der Waals surface area (Å²) in [7, 11) is 0. The zero-order valence-corrected chi connectivity index (χ0v) is 21.6. The number of hydrogen-bond donors (Lipinski definition) is 2. The summed E-state index contributed by atoms with van der Waals surface area (Å²) < 4.78 is 1.36. The Morgan fingerprint density at radius 3 is 2.42 bits per heavy atom. The van der Waals surface area contributed by atoms with Crippen LogP contribution in [0.2, 0.25) is 10.0 Å². The Labute approximate surface area is 217 Å². The number of nitrogens with one attached hydrogen (secondary N) is 2. The predicted molar refractivity (Wildman–Crippen MR) is 137 cm³/mol. The number of nitrogens with zero attached hydrogens (tertiary/aromatic N) is 6. The van der Waals surface area contributed by atoms with E-state index in [0.717, 1.165) is 0 Å². The van der Waals surface area contributed by atoms with Gasteiger partial charge in [0.2, 0.25) is 0 Å². The molecule has 0 atom stereocenters. The van der Waals surface area contributed by atoms with Crippen molar-refractivity contribution in [2.45, 2.75) is 39.8 Å². The number of halogens is 2. The highest BCUT2D eigenvalue weighted by atomic mass is 35.5. The van der Waals surface area contributed by atoms with Gasteiger partial charge in [0.25, 0.3) is 11.8 Å². The third-order valence-corrected chi connectivity index (χ3v) is 5.49. The molecule has 10 nitrogen and oxygen atoms in total. The highest BCUT2D eigenvalue weighted by molar-refractivity contribution is 6.32. The highest BCUT2D eigenvalue weighted by Gasteiger charge is 2.24. The Morgan fingerprint density at radius 2 is 1.75 bits per heavy atom. The lowest BCUT2D eigenvalue weighted by Crippen LogP contribution is -2.41. The standard InChI is InChI=1S/C24H24Cl2N8O2/c1-14-10-15(25)11-17(22(35)31-24(2,3)4)20(14)30-23(36)19-12-16(13-33-28-8-9-29-33)32-34(19)21-18(26)6-5-7-27-21/h5-12H,13H2,1-4H3,(H,30,36)(H,31,35). The number of aryl methyl sites for hydroxylation is 1. The van der Waals surface area contributed by atoms with Gasteiger partial charge >= 0.3 is 0 Å². The van der Waals surface area contributed by atoms with Gasteiger partial charge < -0.3 is 10.6 Å². The van der Waals surface area contributed by atoms with Gasteiger partial charge in [-0.3, -0.25) is 9.59 Å². The quantitative estimate of drug-likeness (QED) is 0.386. The van der Waals surface area contributed by atoms with Crippen molar-refractivity contribution in [3.63, 3.8) is 0 Å². The summed E-state index contributed by atoms with van der Waals surface area (Å²) in [5.74, 6) is -0.600. The molecule has 2 amide bonds. The second kappa shape index (κ2) is 10.1. The average molecular weight is 527 g/mol. The van der Waals surface area contributed by atoms with Crippen molar-refractivity contribution in [1.82, 2.24) is 35.1 Å². The first kappa shape index (κ1) is 25.3. The topological polar surface area (TPSA) is 120 Å². The van der Waals surface area contributed by atoms with Crippen molar-refractivity contribution in [3.05, 3.63) is 81.5 Å². The maximum absolute atomic E-state index is 13.6. The lowest BCUT2D eigenvalue weighted by Gasteiger charge is -2.22. The van der Waals surface area contributed by atoms with Crippen molar-refractivity contribution in [2.24, 2.45) is 0 Å². The Balaban J connectivity index is 1.75. The summed E-state index contributed by atoms with van der Waals surface area (Å²) in [5.41, 5.74) is 1.38. The largest absolute Gasteiger partial charge is 0.347 e. The molecule has 0 spiro atoms. The van der Waals surface area contributed by atoms with Gasteiger partial charge in [-0.2, -0.15) is 20.1 Å². The Kier molecular flexibility index (Phi) is 7.09. The molecule has 4 aromatic rings. The monoisotopic (exact) mass is 526 g/mol. The normalized spacial score (nSPS) is 11.4. The number of amides is 2. The van der Waals surface area contributed by atoms with E-state index < -0.39 is 11.4 Å². The summed E-state index contributed by atoms with van der Waals surface area (Å²) in [5, 5.41) is 19.2. The van der Waals surface area contributed by atoms with Gasteiger partial charge in [-0.15, -0.1) is 0 Å². The molecule has 0 fully saturated rings. The molecule has 0 aliphatic heterocycles. The highest BCUT2D eigenvalue weighted by Crippen LogP contribution is 2.28. The molecule has 186 valence electrons. The SMILES string of the molecule is Cc1cc(Cl)cc(C(=O)NC(C)(C)C)c1NC(=O)c1cc(Cn2nccn2)nn1-c1ncccc1Cl. The van der Waals surface area contributed by atoms with Crippen LogP contribution in [0.25, 0.3) is 5.82 Å². The van der Waals surface area contributed by atoms with E-state index in [4.69, 9.17) is 23.2 Å². The number of benzene rings is 1. The molecule has 2 N–H and O–H groups in total. The molecular weight excluding hydrogens is 503 g/mol. The van der Waals surface area contributed by atoms with Crippen molar-refractivity contribution in [1.29, 1.82) is 0 Å². The molecular formula is C24H24Cl2N8O2. The van der Waals surface area contributed by atoms with E-state index in [0.29, 0.717) is 27.0 Å². The Morgan fingerprint density at radius 1 is 1.03 bits per heavy atom. The van der Waals surface area contributed by atoms with Crippen LogP contribution in [0.5, 0.6) is 0 Å². The summed E-state index contributed by atoms with van der Waals surface area (Å²) in [6, 6.07) is 8.13. The minimum atomic E-state index is -0.515. The van der Waals surface area contributed by atoms with E-state index in [1.165, 1.54) is 15.5 Å². The van der Waals surface area contributed by atoms with E-state index in [9.17, 15) is 9.59 Å². The van der Waals surface area contributed by atoms with Gasteiger partial charge in [0.05, 0.1) is 34.4 Å². The Hall–Kier alpha value is -3.76. The van der Waals surface area contributed by atoms with Crippen LogP contribution < -0.4 is 10.6 Å².